The molecule has 2 aromatic heterocycles. The first-order chi connectivity index (χ1) is 16.4. The van der Waals surface area contributed by atoms with Gasteiger partial charge >= 0.3 is 0 Å². The van der Waals surface area contributed by atoms with Gasteiger partial charge in [-0.2, -0.15) is 10.2 Å². The third kappa shape index (κ3) is 5.29. The van der Waals surface area contributed by atoms with E-state index in [2.05, 4.69) is 15.3 Å². The molecule has 0 aliphatic carbocycles. The van der Waals surface area contributed by atoms with Gasteiger partial charge in [-0.15, -0.1) is 0 Å². The lowest BCUT2D eigenvalue weighted by Crippen LogP contribution is -2.20. The number of hydrogen-bond acceptors (Lipinski definition) is 2. The summed E-state index contributed by atoms with van der Waals surface area (Å²) in [4.78, 5) is 0. The molecule has 0 bridgehead atoms. The molecule has 35 heavy (non-hydrogen) atoms. The van der Waals surface area contributed by atoms with Crippen LogP contribution in [0, 0.1) is 11.6 Å². The third-order valence-corrected chi connectivity index (χ3v) is 6.88. The van der Waals surface area contributed by atoms with Gasteiger partial charge in [0.1, 0.15) is 11.6 Å². The topological polar surface area (TPSA) is 46.5 Å². The van der Waals surface area contributed by atoms with Gasteiger partial charge in [0.05, 0.1) is 27.6 Å². The van der Waals surface area contributed by atoms with E-state index in [1.165, 1.54) is 0 Å². The minimum atomic E-state index is -0.496. The molecular weight excluding hydrogens is 489 g/mol. The summed E-state index contributed by atoms with van der Waals surface area (Å²) in [6, 6.07) is 8.60. The zero-order valence-electron chi connectivity index (χ0n) is 20.4. The van der Waals surface area contributed by atoms with Gasteiger partial charge in [-0.05, 0) is 70.7 Å². The second-order valence-electron chi connectivity index (χ2n) is 10.5. The predicted octanol–water partition coefficient (Wildman–Crippen LogP) is 8.06. The smallest absolute Gasteiger partial charge is 0.145 e. The second kappa shape index (κ2) is 9.40. The van der Waals surface area contributed by atoms with Gasteiger partial charge in [0.2, 0.25) is 0 Å². The van der Waals surface area contributed by atoms with Crippen molar-refractivity contribution in [3.05, 3.63) is 87.3 Å². The van der Waals surface area contributed by atoms with Crippen LogP contribution < -0.4 is 0 Å². The summed E-state index contributed by atoms with van der Waals surface area (Å²) in [7, 11) is 0. The van der Waals surface area contributed by atoms with Gasteiger partial charge < -0.3 is 0 Å². The minimum absolute atomic E-state index is 0.0649. The number of aromatic amines is 1. The summed E-state index contributed by atoms with van der Waals surface area (Å²) >= 11 is 12.4. The van der Waals surface area contributed by atoms with E-state index < -0.39 is 22.5 Å². The molecule has 4 nitrogen and oxygen atoms in total. The Morgan fingerprint density at radius 3 is 2.29 bits per heavy atom. The summed E-state index contributed by atoms with van der Waals surface area (Å²) in [6.45, 7) is 9.81. The number of aromatic nitrogens is 4. The van der Waals surface area contributed by atoms with Crippen LogP contribution in [0.15, 0.2) is 48.9 Å². The van der Waals surface area contributed by atoms with Crippen LogP contribution in [0.5, 0.6) is 0 Å². The maximum atomic E-state index is 15.1. The fraction of sp³-hybridized carbons (Fsp3) is 0.333. The lowest BCUT2D eigenvalue weighted by molar-refractivity contribution is 0.450. The molecule has 0 aliphatic rings. The molecule has 2 aromatic carbocycles. The first-order valence-corrected chi connectivity index (χ1v) is 12.1. The van der Waals surface area contributed by atoms with Gasteiger partial charge in [-0.25, -0.2) is 13.5 Å². The van der Waals surface area contributed by atoms with Crippen molar-refractivity contribution in [3.8, 4) is 16.9 Å². The molecule has 0 fully saturated rings. The summed E-state index contributed by atoms with van der Waals surface area (Å²) in [6.07, 6.45) is 6.65. The number of halogens is 4. The summed E-state index contributed by atoms with van der Waals surface area (Å²) in [5.41, 5.74) is 3.41. The molecule has 0 atom stereocenters. The van der Waals surface area contributed by atoms with Crippen molar-refractivity contribution in [2.24, 2.45) is 0 Å². The van der Waals surface area contributed by atoms with Gasteiger partial charge in [0.25, 0.3) is 0 Å². The largest absolute Gasteiger partial charge is 0.278 e. The van der Waals surface area contributed by atoms with E-state index in [0.717, 1.165) is 16.8 Å². The fourth-order valence-electron chi connectivity index (χ4n) is 4.13. The number of aryl methyl sites for hydroxylation is 1. The highest BCUT2D eigenvalue weighted by Crippen LogP contribution is 2.37. The number of nitrogens with one attached hydrogen (secondary N) is 1. The van der Waals surface area contributed by atoms with E-state index in [1.807, 2.05) is 52.9 Å². The second-order valence-corrected chi connectivity index (χ2v) is 11.3. The normalized spacial score (nSPS) is 12.4. The molecule has 184 valence electrons. The lowest BCUT2D eigenvalue weighted by Gasteiger charge is -2.26. The van der Waals surface area contributed by atoms with Crippen molar-refractivity contribution < 1.29 is 8.78 Å². The molecule has 0 radical (unpaired) electrons. The van der Waals surface area contributed by atoms with Crippen LogP contribution >= 0.6 is 23.2 Å². The van der Waals surface area contributed by atoms with Crippen molar-refractivity contribution in [1.29, 1.82) is 0 Å². The van der Waals surface area contributed by atoms with E-state index >= 15 is 4.39 Å². The first kappa shape index (κ1) is 25.4. The van der Waals surface area contributed by atoms with E-state index in [-0.39, 0.29) is 10.0 Å². The van der Waals surface area contributed by atoms with Crippen LogP contribution in [0.3, 0.4) is 0 Å². The van der Waals surface area contributed by atoms with Gasteiger partial charge in [0.15, 0.2) is 0 Å². The molecule has 1 N–H and O–H groups in total. The highest BCUT2D eigenvalue weighted by Gasteiger charge is 2.27. The lowest BCUT2D eigenvalue weighted by atomic mass is 9.79. The molecule has 0 aliphatic heterocycles. The molecule has 0 amide bonds. The molecule has 0 saturated carbocycles. The third-order valence-electron chi connectivity index (χ3n) is 6.33. The maximum Gasteiger partial charge on any atom is 0.145 e. The zero-order valence-corrected chi connectivity index (χ0v) is 21.9. The van der Waals surface area contributed by atoms with Crippen LogP contribution in [0.1, 0.15) is 57.7 Å². The van der Waals surface area contributed by atoms with Crippen LogP contribution in [0.4, 0.5) is 8.78 Å². The quantitative estimate of drug-likeness (QED) is 0.281. The van der Waals surface area contributed by atoms with Crippen LogP contribution in [0.25, 0.3) is 16.9 Å². The first-order valence-electron chi connectivity index (χ1n) is 11.4. The standard InChI is InChI=1S/C27H28Cl2F2N4/c1-26(2,3)19-12-18(13-22(29)24(19)30)35-15-16(14-33-35)6-8-27(4,5)20-10-17(11-21(28)25(20)31)23-7-9-32-34-23/h7,9-15H,6,8H2,1-5H3,(H,32,34). The minimum Gasteiger partial charge on any atom is -0.278 e. The maximum absolute atomic E-state index is 15.1. The van der Waals surface area contributed by atoms with Crippen molar-refractivity contribution >= 4 is 23.2 Å². The highest BCUT2D eigenvalue weighted by molar-refractivity contribution is 6.31. The Morgan fingerprint density at radius 2 is 1.63 bits per heavy atom. The van der Waals surface area contributed by atoms with E-state index in [4.69, 9.17) is 23.2 Å². The highest BCUT2D eigenvalue weighted by atomic mass is 35.5. The van der Waals surface area contributed by atoms with E-state index in [0.29, 0.717) is 29.7 Å². The SMILES string of the molecule is CC(C)(C)c1cc(-n2cc(CCC(C)(C)c3cc(-c4ccn[nH]4)cc(Cl)c3F)cn2)cc(Cl)c1F. The zero-order chi connectivity index (χ0) is 25.5. The Hall–Kier alpha value is -2.70. The number of hydrogen-bond donors (Lipinski definition) is 1. The Balaban J connectivity index is 1.57. The van der Waals surface area contributed by atoms with E-state index in [9.17, 15) is 4.39 Å². The molecule has 4 aromatic rings. The molecule has 4 rings (SSSR count). The summed E-state index contributed by atoms with van der Waals surface area (Å²) < 4.78 is 31.3. The molecule has 2 heterocycles. The molecule has 0 spiro atoms. The van der Waals surface area contributed by atoms with Gasteiger partial charge in [-0.1, -0.05) is 57.8 Å². The Kier molecular flexibility index (Phi) is 6.82. The average Bonchev–Trinajstić information content (AvgIpc) is 3.47. The van der Waals surface area contributed by atoms with Gasteiger partial charge in [0, 0.05) is 18.0 Å². The van der Waals surface area contributed by atoms with Crippen LogP contribution in [0.2, 0.25) is 10.0 Å². The fourth-order valence-corrected chi connectivity index (χ4v) is 4.56. The van der Waals surface area contributed by atoms with E-state index in [1.54, 1.807) is 35.3 Å². The number of nitrogens with zero attached hydrogens (tertiary/aromatic N) is 3. The Morgan fingerprint density at radius 1 is 0.943 bits per heavy atom. The van der Waals surface area contributed by atoms with Crippen LogP contribution in [-0.2, 0) is 17.3 Å². The summed E-state index contributed by atoms with van der Waals surface area (Å²) in [5.74, 6) is -0.818. The molecule has 0 saturated heterocycles. The summed E-state index contributed by atoms with van der Waals surface area (Å²) in [5, 5.41) is 11.5. The number of benzene rings is 2. The molecular formula is C27H28Cl2F2N4. The van der Waals surface area contributed by atoms with Crippen molar-refractivity contribution in [1.82, 2.24) is 20.0 Å². The van der Waals surface area contributed by atoms with Gasteiger partial charge in [-0.3, -0.25) is 5.10 Å². The van der Waals surface area contributed by atoms with Crippen molar-refractivity contribution in [2.45, 2.75) is 58.3 Å². The Bertz CT molecular complexity index is 1350. The number of rotatable bonds is 6. The van der Waals surface area contributed by atoms with Crippen molar-refractivity contribution in [2.75, 3.05) is 0 Å². The number of H-pyrrole nitrogens is 1. The Labute approximate surface area is 214 Å². The average molecular weight is 517 g/mol. The molecule has 0 unspecified atom stereocenters. The monoisotopic (exact) mass is 516 g/mol. The van der Waals surface area contributed by atoms with Crippen LogP contribution in [-0.4, -0.2) is 20.0 Å². The molecule has 8 heteroatoms. The van der Waals surface area contributed by atoms with Crippen molar-refractivity contribution in [3.63, 3.8) is 0 Å². The predicted molar refractivity (Wildman–Crippen MR) is 138 cm³/mol.